The van der Waals surface area contributed by atoms with Crippen molar-refractivity contribution in [3.05, 3.63) is 0 Å². The summed E-state index contributed by atoms with van der Waals surface area (Å²) in [5.74, 6) is 1.29. The van der Waals surface area contributed by atoms with Crippen LogP contribution >= 0.6 is 11.8 Å². The van der Waals surface area contributed by atoms with Crippen LogP contribution in [0.5, 0.6) is 0 Å². The van der Waals surface area contributed by atoms with Gasteiger partial charge in [-0.3, -0.25) is 0 Å². The van der Waals surface area contributed by atoms with Gasteiger partial charge in [0.1, 0.15) is 0 Å². The normalized spacial score (nSPS) is 11.4. The van der Waals surface area contributed by atoms with Crippen LogP contribution in [-0.4, -0.2) is 25.1 Å². The minimum atomic E-state index is 0.937. The van der Waals surface area contributed by atoms with Gasteiger partial charge in [0.15, 0.2) is 0 Å². The molecule has 0 heterocycles. The van der Waals surface area contributed by atoms with Gasteiger partial charge in [0.2, 0.25) is 0 Å². The number of unbranched alkanes of at least 4 members (excludes halogenated alkanes) is 14. The average molecular weight is 374 g/mol. The molecule has 0 unspecified atom stereocenters. The number of nitrogens with zero attached hydrogens (tertiary/aromatic N) is 2. The zero-order valence-corrected chi connectivity index (χ0v) is 18.6. The van der Waals surface area contributed by atoms with Crippen LogP contribution in [0.1, 0.15) is 118 Å². The van der Waals surface area contributed by atoms with Crippen LogP contribution in [0, 0.1) is 0 Å². The van der Waals surface area contributed by atoms with E-state index in [1.807, 2.05) is 11.8 Å². The molecule has 0 bridgehead atoms. The van der Waals surface area contributed by atoms with Crippen molar-refractivity contribution < 1.29 is 1.37 Å². The van der Waals surface area contributed by atoms with E-state index in [2.05, 4.69) is 23.4 Å². The van der Waals surface area contributed by atoms with Crippen LogP contribution in [-0.2, 0) is 0 Å². The lowest BCUT2D eigenvalue weighted by Crippen LogP contribution is -1.86. The lowest BCUT2D eigenvalue weighted by atomic mass is 10.0. The third kappa shape index (κ3) is 26.3. The van der Waals surface area contributed by atoms with Crippen LogP contribution in [0.2, 0.25) is 0 Å². The molecule has 3 heteroatoms. The summed E-state index contributed by atoms with van der Waals surface area (Å²) in [6.07, 6.45) is 24.4. The minimum absolute atomic E-state index is 0.937. The molecule has 0 aliphatic heterocycles. The number of thioether (sulfide) groups is 1. The predicted molar refractivity (Wildman–Crippen MR) is 119 cm³/mol. The lowest BCUT2D eigenvalue weighted by molar-refractivity contribution is 0.539. The second-order valence-corrected chi connectivity index (χ2v) is 8.01. The molecule has 0 rings (SSSR count). The number of azo groups is 1. The van der Waals surface area contributed by atoms with Crippen LogP contribution in [0.3, 0.4) is 0 Å². The maximum atomic E-state index is 5.75. The molecular formula is C22H48N2S. The third-order valence-electron chi connectivity index (χ3n) is 4.57. The van der Waals surface area contributed by atoms with Gasteiger partial charge in [0.05, 0.1) is 13.1 Å². The summed E-state index contributed by atoms with van der Waals surface area (Å²) in [5, 5.41) is 8.58. The van der Waals surface area contributed by atoms with Gasteiger partial charge in [-0.2, -0.15) is 22.0 Å². The fourth-order valence-electron chi connectivity index (χ4n) is 2.95. The van der Waals surface area contributed by atoms with Crippen molar-refractivity contribution in [2.24, 2.45) is 10.2 Å². The van der Waals surface area contributed by atoms with E-state index in [9.17, 15) is 0 Å². The first-order chi connectivity index (χ1) is 12.9. The summed E-state index contributed by atoms with van der Waals surface area (Å²) in [6.45, 7) is 4.17. The Morgan fingerprint density at radius 3 is 1.36 bits per heavy atom. The summed E-state index contributed by atoms with van der Waals surface area (Å²) in [7, 11) is 1.25. The van der Waals surface area contributed by atoms with E-state index in [1.54, 1.807) is 0 Å². The van der Waals surface area contributed by atoms with Gasteiger partial charge >= 0.3 is 0 Å². The first-order valence-electron chi connectivity index (χ1n) is 11.7. The molecular weight excluding hydrogens is 324 g/mol. The number of rotatable bonds is 20. The Kier molecular flexibility index (Phi) is 26.1. The van der Waals surface area contributed by atoms with Gasteiger partial charge in [-0.25, -0.2) is 0 Å². The summed E-state index contributed by atoms with van der Waals surface area (Å²) in [6, 6.07) is 0. The first kappa shape index (κ1) is 24.9. The Balaban J connectivity index is 0. The monoisotopic (exact) mass is 373 g/mol. The van der Waals surface area contributed by atoms with E-state index in [1.165, 1.54) is 116 Å². The Labute approximate surface area is 165 Å². The zero-order valence-electron chi connectivity index (χ0n) is 18.7. The van der Waals surface area contributed by atoms with Gasteiger partial charge in [0.25, 0.3) is 0 Å². The highest BCUT2D eigenvalue weighted by Gasteiger charge is 1.93. The van der Waals surface area contributed by atoms with E-state index in [4.69, 9.17) is 1.37 Å². The topological polar surface area (TPSA) is 24.7 Å². The molecule has 0 radical (unpaired) electrons. The Morgan fingerprint density at radius 2 is 0.960 bits per heavy atom. The molecule has 0 aliphatic rings. The molecule has 0 saturated carbocycles. The van der Waals surface area contributed by atoms with E-state index >= 15 is 0 Å². The molecule has 25 heavy (non-hydrogen) atoms. The van der Waals surface area contributed by atoms with Crippen molar-refractivity contribution in [2.75, 3.05) is 25.1 Å². The van der Waals surface area contributed by atoms with Gasteiger partial charge in [-0.05, 0) is 31.3 Å². The van der Waals surface area contributed by atoms with Gasteiger partial charge < -0.3 is 0 Å². The fourth-order valence-corrected chi connectivity index (χ4v) is 3.44. The number of hydrogen-bond donors (Lipinski definition) is 0. The van der Waals surface area contributed by atoms with E-state index in [0.29, 0.717) is 0 Å². The third-order valence-corrected chi connectivity index (χ3v) is 5.27. The SMILES string of the molecule is CCCCCCCCCCCCCCCN=NCCCCCSC.[2H]C. The second-order valence-electron chi connectivity index (χ2n) is 7.03. The lowest BCUT2D eigenvalue weighted by Gasteiger charge is -2.02. The maximum absolute atomic E-state index is 5.75. The van der Waals surface area contributed by atoms with E-state index < -0.39 is 0 Å². The molecule has 0 fully saturated rings. The van der Waals surface area contributed by atoms with Crippen molar-refractivity contribution in [1.29, 1.82) is 0 Å². The Hall–Kier alpha value is -0.0500. The number of hydrogen-bond acceptors (Lipinski definition) is 3. The van der Waals surface area contributed by atoms with Crippen LogP contribution in [0.15, 0.2) is 10.2 Å². The molecule has 0 spiro atoms. The highest BCUT2D eigenvalue weighted by Crippen LogP contribution is 2.12. The standard InChI is InChI=1S/C21H44N2S.CH4/c1-3-4-5-6-7-8-9-10-11-12-13-14-16-19-22-23-20-17-15-18-21-24-2;/h3-21H2,1-2H3;1H4/i;1D. The Bertz CT molecular complexity index is 250. The first-order valence-corrected chi connectivity index (χ1v) is 12.1. The smallest absolute Gasteiger partial charge is 0.0598 e. The van der Waals surface area contributed by atoms with Crippen molar-refractivity contribution in [3.63, 3.8) is 0 Å². The van der Waals surface area contributed by atoms with Crippen LogP contribution in [0.4, 0.5) is 0 Å². The molecule has 0 aromatic heterocycles. The summed E-state index contributed by atoms with van der Waals surface area (Å²) >= 11 is 1.94. The molecule has 0 aliphatic carbocycles. The van der Waals surface area contributed by atoms with Crippen LogP contribution < -0.4 is 0 Å². The van der Waals surface area contributed by atoms with Crippen molar-refractivity contribution in [3.8, 4) is 0 Å². The largest absolute Gasteiger partial charge is 0.194 e. The molecule has 0 atom stereocenters. The predicted octanol–water partition coefficient (Wildman–Crippen LogP) is 8.70. The van der Waals surface area contributed by atoms with Crippen LogP contribution in [0.25, 0.3) is 0 Å². The molecule has 152 valence electrons. The summed E-state index contributed by atoms with van der Waals surface area (Å²) < 4.78 is 5.75. The van der Waals surface area contributed by atoms with Gasteiger partial charge in [0, 0.05) is 1.37 Å². The molecule has 0 saturated heterocycles. The molecule has 0 aromatic carbocycles. The highest BCUT2D eigenvalue weighted by atomic mass is 32.2. The molecule has 0 aromatic rings. The second kappa shape index (κ2) is 26.2. The van der Waals surface area contributed by atoms with E-state index in [-0.39, 0.29) is 0 Å². The fraction of sp³-hybridized carbons (Fsp3) is 1.00. The molecule has 0 N–H and O–H groups in total. The maximum Gasteiger partial charge on any atom is 0.0598 e. The minimum Gasteiger partial charge on any atom is -0.194 e. The quantitative estimate of drug-likeness (QED) is 0.155. The van der Waals surface area contributed by atoms with E-state index in [0.717, 1.165) is 13.1 Å². The van der Waals surface area contributed by atoms with Gasteiger partial charge in [-0.15, -0.1) is 0 Å². The van der Waals surface area contributed by atoms with Gasteiger partial charge in [-0.1, -0.05) is 97.8 Å². The molecule has 2 nitrogen and oxygen atoms in total. The van der Waals surface area contributed by atoms with Crippen molar-refractivity contribution in [1.82, 2.24) is 0 Å². The van der Waals surface area contributed by atoms with Crippen molar-refractivity contribution >= 4 is 11.8 Å². The van der Waals surface area contributed by atoms with Crippen molar-refractivity contribution in [2.45, 2.75) is 117 Å². The summed E-state index contributed by atoms with van der Waals surface area (Å²) in [4.78, 5) is 0. The highest BCUT2D eigenvalue weighted by molar-refractivity contribution is 7.98. The average Bonchev–Trinajstić information content (AvgIpc) is 2.68. The molecule has 0 amide bonds. The Morgan fingerprint density at radius 1 is 0.600 bits per heavy atom. The summed E-state index contributed by atoms with van der Waals surface area (Å²) in [5.41, 5.74) is 0. The zero-order chi connectivity index (χ0) is 19.6.